The van der Waals surface area contributed by atoms with Gasteiger partial charge in [-0.3, -0.25) is 4.79 Å². The van der Waals surface area contributed by atoms with Gasteiger partial charge in [-0.25, -0.2) is 0 Å². The second-order valence-electron chi connectivity index (χ2n) is 4.71. The summed E-state index contributed by atoms with van der Waals surface area (Å²) >= 11 is 1.55. The van der Waals surface area contributed by atoms with E-state index in [0.717, 1.165) is 17.1 Å². The second kappa shape index (κ2) is 7.55. The summed E-state index contributed by atoms with van der Waals surface area (Å²) in [7, 11) is 1.65. The van der Waals surface area contributed by atoms with Gasteiger partial charge in [-0.05, 0) is 24.6 Å². The molecule has 0 radical (unpaired) electrons. The number of hydrogen-bond donors (Lipinski definition) is 0. The molecule has 1 fully saturated rings. The van der Waals surface area contributed by atoms with Crippen molar-refractivity contribution in [2.45, 2.75) is 24.3 Å². The summed E-state index contributed by atoms with van der Waals surface area (Å²) in [6.45, 7) is 4.15. The molecule has 1 atom stereocenters. The third-order valence-corrected chi connectivity index (χ3v) is 4.33. The van der Waals surface area contributed by atoms with Crippen LogP contribution >= 0.6 is 11.8 Å². The number of rotatable bonds is 5. The number of hydrogen-bond acceptors (Lipinski definition) is 4. The van der Waals surface area contributed by atoms with Crippen molar-refractivity contribution in [3.05, 3.63) is 24.3 Å². The summed E-state index contributed by atoms with van der Waals surface area (Å²) in [5.74, 6) is 1.46. The van der Waals surface area contributed by atoms with Gasteiger partial charge in [0.05, 0.1) is 25.6 Å². The fourth-order valence-corrected chi connectivity index (χ4v) is 2.97. The van der Waals surface area contributed by atoms with Crippen molar-refractivity contribution in [2.75, 3.05) is 32.6 Å². The van der Waals surface area contributed by atoms with E-state index < -0.39 is 0 Å². The van der Waals surface area contributed by atoms with E-state index in [0.29, 0.717) is 25.4 Å². The number of benzene rings is 1. The van der Waals surface area contributed by atoms with Gasteiger partial charge in [0.1, 0.15) is 5.75 Å². The number of nitrogens with zero attached hydrogens (tertiary/aromatic N) is 1. The molecule has 0 saturated carbocycles. The maximum absolute atomic E-state index is 12.2. The third kappa shape index (κ3) is 4.15. The molecule has 0 bridgehead atoms. The largest absolute Gasteiger partial charge is 0.497 e. The van der Waals surface area contributed by atoms with Crippen molar-refractivity contribution in [1.29, 1.82) is 0 Å². The van der Waals surface area contributed by atoms with E-state index in [4.69, 9.17) is 9.47 Å². The molecule has 1 amide bonds. The Morgan fingerprint density at radius 2 is 2.40 bits per heavy atom. The molecule has 20 heavy (non-hydrogen) atoms. The van der Waals surface area contributed by atoms with Gasteiger partial charge < -0.3 is 14.4 Å². The van der Waals surface area contributed by atoms with E-state index >= 15 is 0 Å². The van der Waals surface area contributed by atoms with Crippen LogP contribution in [0, 0.1) is 0 Å². The lowest BCUT2D eigenvalue weighted by Gasteiger charge is -2.32. The number of amides is 1. The van der Waals surface area contributed by atoms with E-state index in [1.54, 1.807) is 18.9 Å². The fraction of sp³-hybridized carbons (Fsp3) is 0.533. The standard InChI is InChI=1S/C15H21NO3S/c1-3-12-10-16(7-8-19-12)15(17)11-20-14-6-4-5-13(9-14)18-2/h4-6,9,12H,3,7-8,10-11H2,1-2H3/t12-/m1/s1. The van der Waals surface area contributed by atoms with Crippen LogP contribution in [-0.2, 0) is 9.53 Å². The first-order chi connectivity index (χ1) is 9.72. The Morgan fingerprint density at radius 3 is 3.15 bits per heavy atom. The monoisotopic (exact) mass is 295 g/mol. The van der Waals surface area contributed by atoms with Crippen molar-refractivity contribution in [2.24, 2.45) is 0 Å². The molecule has 1 saturated heterocycles. The molecular weight excluding hydrogens is 274 g/mol. The highest BCUT2D eigenvalue weighted by Gasteiger charge is 2.22. The number of carbonyl (C=O) groups excluding carboxylic acids is 1. The Labute approximate surface area is 124 Å². The minimum absolute atomic E-state index is 0.180. The quantitative estimate of drug-likeness (QED) is 0.782. The number of ether oxygens (including phenoxy) is 2. The summed E-state index contributed by atoms with van der Waals surface area (Å²) in [6.07, 6.45) is 1.14. The van der Waals surface area contributed by atoms with Gasteiger partial charge in [-0.1, -0.05) is 13.0 Å². The summed E-state index contributed by atoms with van der Waals surface area (Å²) < 4.78 is 10.8. The van der Waals surface area contributed by atoms with Gasteiger partial charge in [0.15, 0.2) is 0 Å². The van der Waals surface area contributed by atoms with Crippen molar-refractivity contribution >= 4 is 17.7 Å². The average molecular weight is 295 g/mol. The van der Waals surface area contributed by atoms with Gasteiger partial charge in [0, 0.05) is 18.0 Å². The SMILES string of the molecule is CC[C@@H]1CN(C(=O)CSc2cccc(OC)c2)CCO1. The van der Waals surface area contributed by atoms with Crippen LogP contribution in [0.25, 0.3) is 0 Å². The Hall–Kier alpha value is -1.20. The van der Waals surface area contributed by atoms with Crippen LogP contribution in [0.3, 0.4) is 0 Å². The van der Waals surface area contributed by atoms with Crippen molar-refractivity contribution in [3.63, 3.8) is 0 Å². The lowest BCUT2D eigenvalue weighted by atomic mass is 10.2. The maximum atomic E-state index is 12.2. The highest BCUT2D eigenvalue weighted by molar-refractivity contribution is 8.00. The van der Waals surface area contributed by atoms with Crippen LogP contribution in [0.2, 0.25) is 0 Å². The summed E-state index contributed by atoms with van der Waals surface area (Å²) in [6, 6.07) is 7.79. The molecule has 0 unspecified atom stereocenters. The van der Waals surface area contributed by atoms with Crippen molar-refractivity contribution in [1.82, 2.24) is 4.90 Å². The molecule has 1 aliphatic rings. The van der Waals surface area contributed by atoms with Gasteiger partial charge in [-0.15, -0.1) is 11.8 Å². The molecule has 1 aromatic carbocycles. The molecule has 4 nitrogen and oxygen atoms in total. The molecule has 5 heteroatoms. The van der Waals surface area contributed by atoms with Crippen LogP contribution in [-0.4, -0.2) is 49.5 Å². The van der Waals surface area contributed by atoms with Crippen molar-refractivity contribution < 1.29 is 14.3 Å². The van der Waals surface area contributed by atoms with Gasteiger partial charge in [0.2, 0.25) is 5.91 Å². The third-order valence-electron chi connectivity index (χ3n) is 3.35. The Balaban J connectivity index is 1.85. The van der Waals surface area contributed by atoms with Crippen molar-refractivity contribution in [3.8, 4) is 5.75 Å². The lowest BCUT2D eigenvalue weighted by molar-refractivity contribution is -0.135. The number of carbonyl (C=O) groups is 1. The first-order valence-electron chi connectivity index (χ1n) is 6.89. The van der Waals surface area contributed by atoms with Crippen LogP contribution in [0.1, 0.15) is 13.3 Å². The molecule has 1 aromatic rings. The van der Waals surface area contributed by atoms with Gasteiger partial charge in [-0.2, -0.15) is 0 Å². The number of thioether (sulfide) groups is 1. The van der Waals surface area contributed by atoms with E-state index in [1.165, 1.54) is 0 Å². The summed E-state index contributed by atoms with van der Waals surface area (Å²) in [4.78, 5) is 15.2. The van der Waals surface area contributed by atoms with Crippen LogP contribution < -0.4 is 4.74 Å². The molecular formula is C15H21NO3S. The minimum atomic E-state index is 0.180. The predicted octanol–water partition coefficient (Wildman–Crippen LogP) is 2.42. The Morgan fingerprint density at radius 1 is 1.55 bits per heavy atom. The minimum Gasteiger partial charge on any atom is -0.497 e. The first-order valence-corrected chi connectivity index (χ1v) is 7.87. The molecule has 1 heterocycles. The second-order valence-corrected chi connectivity index (χ2v) is 5.76. The Kier molecular flexibility index (Phi) is 5.73. The fourth-order valence-electron chi connectivity index (χ4n) is 2.12. The molecule has 2 rings (SSSR count). The topological polar surface area (TPSA) is 38.8 Å². The van der Waals surface area contributed by atoms with E-state index in [9.17, 15) is 4.79 Å². The zero-order valence-corrected chi connectivity index (χ0v) is 12.8. The zero-order chi connectivity index (χ0) is 14.4. The predicted molar refractivity (Wildman–Crippen MR) is 80.3 cm³/mol. The smallest absolute Gasteiger partial charge is 0.233 e. The number of morpholine rings is 1. The summed E-state index contributed by atoms with van der Waals surface area (Å²) in [5.41, 5.74) is 0. The maximum Gasteiger partial charge on any atom is 0.233 e. The zero-order valence-electron chi connectivity index (χ0n) is 12.0. The van der Waals surface area contributed by atoms with Gasteiger partial charge >= 0.3 is 0 Å². The molecule has 110 valence electrons. The highest BCUT2D eigenvalue weighted by atomic mass is 32.2. The van der Waals surface area contributed by atoms with E-state index in [1.807, 2.05) is 29.2 Å². The van der Waals surface area contributed by atoms with E-state index in [2.05, 4.69) is 6.92 Å². The normalized spacial score (nSPS) is 18.9. The molecule has 0 spiro atoms. The number of methoxy groups -OCH3 is 1. The van der Waals surface area contributed by atoms with E-state index in [-0.39, 0.29) is 12.0 Å². The van der Waals surface area contributed by atoms with Crippen LogP contribution in [0.5, 0.6) is 5.75 Å². The van der Waals surface area contributed by atoms with Crippen LogP contribution in [0.4, 0.5) is 0 Å². The van der Waals surface area contributed by atoms with Gasteiger partial charge in [0.25, 0.3) is 0 Å². The molecule has 1 aliphatic heterocycles. The molecule has 0 aromatic heterocycles. The average Bonchev–Trinajstić information content (AvgIpc) is 2.52. The summed E-state index contributed by atoms with van der Waals surface area (Å²) in [5, 5.41) is 0. The molecule has 0 aliphatic carbocycles. The van der Waals surface area contributed by atoms with Crippen LogP contribution in [0.15, 0.2) is 29.2 Å². The lowest BCUT2D eigenvalue weighted by Crippen LogP contribution is -2.46. The molecule has 0 N–H and O–H groups in total. The Bertz CT molecular complexity index is 452. The first kappa shape index (κ1) is 15.2. The highest BCUT2D eigenvalue weighted by Crippen LogP contribution is 2.23.